The molecule has 4 rings (SSSR count). The highest BCUT2D eigenvalue weighted by atomic mass is 16.6. The summed E-state index contributed by atoms with van der Waals surface area (Å²) in [6, 6.07) is 23.8. The number of fused-ring (bicyclic) bond motifs is 3. The van der Waals surface area contributed by atoms with Gasteiger partial charge in [0.25, 0.3) is 0 Å². The molecule has 0 spiro atoms. The maximum absolute atomic E-state index is 12.6. The molecule has 0 heterocycles. The number of ether oxygens (including phenoxy) is 3. The molecule has 0 saturated heterocycles. The molecule has 0 unspecified atom stereocenters. The lowest BCUT2D eigenvalue weighted by molar-refractivity contribution is -0.150. The molecule has 3 aromatic carbocycles. The Morgan fingerprint density at radius 2 is 1.46 bits per heavy atom. The first-order chi connectivity index (χ1) is 17.1. The van der Waals surface area contributed by atoms with E-state index in [1.54, 1.807) is 0 Å². The molecule has 0 radical (unpaired) electrons. The van der Waals surface area contributed by atoms with Crippen molar-refractivity contribution in [3.8, 4) is 11.1 Å². The summed E-state index contributed by atoms with van der Waals surface area (Å²) in [5.41, 5.74) is 5.13. The van der Waals surface area contributed by atoms with Crippen LogP contribution in [0.15, 0.2) is 91.7 Å². The number of nitrogens with one attached hydrogen (secondary N) is 1. The van der Waals surface area contributed by atoms with Gasteiger partial charge in [-0.15, -0.1) is 0 Å². The van der Waals surface area contributed by atoms with Gasteiger partial charge in [0.1, 0.15) is 19.3 Å². The average molecular weight is 472 g/mol. The van der Waals surface area contributed by atoms with Crippen LogP contribution in [-0.2, 0) is 30.4 Å². The monoisotopic (exact) mass is 471 g/mol. The van der Waals surface area contributed by atoms with Crippen molar-refractivity contribution in [1.29, 1.82) is 0 Å². The van der Waals surface area contributed by atoms with Gasteiger partial charge in [-0.05, 0) is 27.8 Å². The molecule has 7 heteroatoms. The first kappa shape index (κ1) is 23.8. The third kappa shape index (κ3) is 5.76. The number of amides is 1. The summed E-state index contributed by atoms with van der Waals surface area (Å²) in [6.07, 6.45) is -0.318. The van der Waals surface area contributed by atoms with Gasteiger partial charge in [-0.25, -0.2) is 9.59 Å². The lowest BCUT2D eigenvalue weighted by Crippen LogP contribution is -2.43. The molecule has 0 aromatic heterocycles. The highest BCUT2D eigenvalue weighted by molar-refractivity contribution is 5.86. The van der Waals surface area contributed by atoms with E-state index in [4.69, 9.17) is 14.2 Å². The van der Waals surface area contributed by atoms with E-state index in [-0.39, 0.29) is 19.1 Å². The zero-order valence-electron chi connectivity index (χ0n) is 19.0. The molecule has 1 aliphatic rings. The van der Waals surface area contributed by atoms with E-state index >= 15 is 0 Å². The van der Waals surface area contributed by atoms with E-state index in [0.717, 1.165) is 34.1 Å². The number of carbonyl (C=O) groups is 3. The van der Waals surface area contributed by atoms with E-state index in [2.05, 4.69) is 11.9 Å². The summed E-state index contributed by atoms with van der Waals surface area (Å²) >= 11 is 0. The van der Waals surface area contributed by atoms with Crippen molar-refractivity contribution in [2.45, 2.75) is 25.0 Å². The molecule has 1 atom stereocenters. The fraction of sp³-hybridized carbons (Fsp3) is 0.179. The minimum absolute atomic E-state index is 0.0494. The van der Waals surface area contributed by atoms with Crippen molar-refractivity contribution in [2.24, 2.45) is 0 Å². The summed E-state index contributed by atoms with van der Waals surface area (Å²) < 4.78 is 15.5. The molecule has 3 aromatic rings. The van der Waals surface area contributed by atoms with Crippen LogP contribution < -0.4 is 5.32 Å². The lowest BCUT2D eigenvalue weighted by Gasteiger charge is -2.18. The van der Waals surface area contributed by atoms with Crippen molar-refractivity contribution in [3.63, 3.8) is 0 Å². The predicted octanol–water partition coefficient (Wildman–Crippen LogP) is 4.71. The van der Waals surface area contributed by atoms with Crippen molar-refractivity contribution < 1.29 is 28.6 Å². The first-order valence-corrected chi connectivity index (χ1v) is 11.2. The molecule has 1 aliphatic carbocycles. The Balaban J connectivity index is 1.37. The Bertz CT molecular complexity index is 1180. The Morgan fingerprint density at radius 1 is 0.857 bits per heavy atom. The van der Waals surface area contributed by atoms with Gasteiger partial charge >= 0.3 is 18.0 Å². The number of rotatable bonds is 9. The summed E-state index contributed by atoms with van der Waals surface area (Å²) in [5.74, 6) is -1.65. The molecular formula is C28H25NO6. The van der Waals surface area contributed by atoms with E-state index in [1.165, 1.54) is 0 Å². The van der Waals surface area contributed by atoms with Crippen molar-refractivity contribution in [2.75, 3.05) is 6.61 Å². The van der Waals surface area contributed by atoms with Gasteiger partial charge in [0.15, 0.2) is 0 Å². The normalized spacial score (nSPS) is 12.6. The zero-order chi connectivity index (χ0) is 24.6. The van der Waals surface area contributed by atoms with Gasteiger partial charge in [0.2, 0.25) is 0 Å². The summed E-state index contributed by atoms with van der Waals surface area (Å²) in [4.78, 5) is 37.2. The van der Waals surface area contributed by atoms with Crippen molar-refractivity contribution >= 4 is 18.0 Å². The highest BCUT2D eigenvalue weighted by Gasteiger charge is 2.30. The molecule has 178 valence electrons. The Labute approximate surface area is 203 Å². The van der Waals surface area contributed by atoms with Crippen LogP contribution in [0, 0.1) is 0 Å². The van der Waals surface area contributed by atoms with Gasteiger partial charge in [-0.1, -0.05) is 85.4 Å². The maximum Gasteiger partial charge on any atom is 0.407 e. The minimum atomic E-state index is -1.29. The molecule has 1 amide bonds. The molecule has 0 bridgehead atoms. The number of carbonyl (C=O) groups excluding carboxylic acids is 3. The summed E-state index contributed by atoms with van der Waals surface area (Å²) in [5, 5.41) is 2.42. The van der Waals surface area contributed by atoms with E-state index in [9.17, 15) is 14.4 Å². The predicted molar refractivity (Wildman–Crippen MR) is 129 cm³/mol. The minimum Gasteiger partial charge on any atom is -0.461 e. The first-order valence-electron chi connectivity index (χ1n) is 11.2. The number of alkyl carbamates (subject to hydrolysis) is 1. The Kier molecular flexibility index (Phi) is 7.57. The second-order valence-corrected chi connectivity index (χ2v) is 7.98. The Hall–Kier alpha value is -4.39. The lowest BCUT2D eigenvalue weighted by atomic mass is 9.98. The molecule has 0 aliphatic heterocycles. The van der Waals surface area contributed by atoms with Crippen LogP contribution in [0.25, 0.3) is 11.1 Å². The largest absolute Gasteiger partial charge is 0.461 e. The number of hydrogen-bond acceptors (Lipinski definition) is 6. The van der Waals surface area contributed by atoms with Crippen LogP contribution in [0.5, 0.6) is 0 Å². The summed E-state index contributed by atoms with van der Waals surface area (Å²) in [6.45, 7) is 3.47. The van der Waals surface area contributed by atoms with E-state index in [1.807, 2.05) is 78.9 Å². The standard InChI is InChI=1S/C28H25NO6/c1-2-33-27(31)25(16-26(30)34-17-19-10-4-3-5-11-19)29-28(32)35-18-24-22-14-8-6-12-20(22)21-13-7-9-15-23(21)24/h2-15,24-25H,1,16-18H2,(H,29,32)/t25-/m0/s1. The number of benzene rings is 3. The van der Waals surface area contributed by atoms with Crippen LogP contribution in [0.4, 0.5) is 4.79 Å². The molecule has 7 nitrogen and oxygen atoms in total. The van der Waals surface area contributed by atoms with Gasteiger partial charge in [-0.3, -0.25) is 4.79 Å². The number of esters is 2. The molecule has 35 heavy (non-hydrogen) atoms. The highest BCUT2D eigenvalue weighted by Crippen LogP contribution is 2.44. The van der Waals surface area contributed by atoms with Crippen molar-refractivity contribution in [3.05, 3.63) is 108 Å². The molecule has 1 N–H and O–H groups in total. The second kappa shape index (κ2) is 11.2. The van der Waals surface area contributed by atoms with E-state index < -0.39 is 30.5 Å². The zero-order valence-corrected chi connectivity index (χ0v) is 19.0. The van der Waals surface area contributed by atoms with Crippen molar-refractivity contribution in [1.82, 2.24) is 5.32 Å². The topological polar surface area (TPSA) is 90.9 Å². The maximum atomic E-state index is 12.6. The third-order valence-electron chi connectivity index (χ3n) is 5.73. The van der Waals surface area contributed by atoms with Crippen LogP contribution in [-0.4, -0.2) is 30.7 Å². The van der Waals surface area contributed by atoms with Gasteiger partial charge in [0.05, 0.1) is 12.7 Å². The van der Waals surface area contributed by atoms with Crippen LogP contribution >= 0.6 is 0 Å². The summed E-state index contributed by atoms with van der Waals surface area (Å²) in [7, 11) is 0. The van der Waals surface area contributed by atoms with Gasteiger partial charge in [0, 0.05) is 5.92 Å². The smallest absolute Gasteiger partial charge is 0.407 e. The van der Waals surface area contributed by atoms with Gasteiger partial charge in [-0.2, -0.15) is 0 Å². The van der Waals surface area contributed by atoms with E-state index in [0.29, 0.717) is 0 Å². The number of hydrogen-bond donors (Lipinski definition) is 1. The van der Waals surface area contributed by atoms with Crippen LogP contribution in [0.3, 0.4) is 0 Å². The fourth-order valence-corrected chi connectivity index (χ4v) is 4.10. The second-order valence-electron chi connectivity index (χ2n) is 7.98. The quantitative estimate of drug-likeness (QED) is 0.276. The Morgan fingerprint density at radius 3 is 2.09 bits per heavy atom. The SMILES string of the molecule is C=COC(=O)[C@H](CC(=O)OCc1ccccc1)NC(=O)OCC1c2ccccc2-c2ccccc21. The molecular weight excluding hydrogens is 446 g/mol. The van der Waals surface area contributed by atoms with Crippen LogP contribution in [0.2, 0.25) is 0 Å². The third-order valence-corrected chi connectivity index (χ3v) is 5.73. The van der Waals surface area contributed by atoms with Crippen LogP contribution in [0.1, 0.15) is 29.0 Å². The van der Waals surface area contributed by atoms with Gasteiger partial charge < -0.3 is 19.5 Å². The fourth-order valence-electron chi connectivity index (χ4n) is 4.10. The molecule has 0 fully saturated rings. The average Bonchev–Trinajstić information content (AvgIpc) is 3.20. The molecule has 0 saturated carbocycles.